The molecule has 8 nitrogen and oxygen atoms in total. The number of fused-ring (bicyclic) bond motifs is 4. The number of hydrogen-bond acceptors (Lipinski definition) is 8. The highest BCUT2D eigenvalue weighted by Crippen LogP contribution is 2.43. The first-order valence-corrected chi connectivity index (χ1v) is 9.29. The maximum absolute atomic E-state index is 13.0. The van der Waals surface area contributed by atoms with E-state index in [-0.39, 0.29) is 28.2 Å². The van der Waals surface area contributed by atoms with Crippen molar-refractivity contribution in [3.8, 4) is 33.9 Å². The van der Waals surface area contributed by atoms with Crippen molar-refractivity contribution in [3.05, 3.63) is 81.0 Å². The average Bonchev–Trinajstić information content (AvgIpc) is 2.72. The number of phenols is 1. The number of para-hydroxylation sites is 1. The molecule has 1 N–H and O–H groups in total. The maximum atomic E-state index is 13.0. The Bertz CT molecular complexity index is 1480. The lowest BCUT2D eigenvalue weighted by Gasteiger charge is -2.26. The van der Waals surface area contributed by atoms with E-state index < -0.39 is 23.5 Å². The van der Waals surface area contributed by atoms with Crippen molar-refractivity contribution >= 4 is 16.9 Å². The van der Waals surface area contributed by atoms with Gasteiger partial charge < -0.3 is 23.4 Å². The second kappa shape index (κ2) is 6.88. The summed E-state index contributed by atoms with van der Waals surface area (Å²) >= 11 is 0. The smallest absolute Gasteiger partial charge is 0.344 e. The van der Waals surface area contributed by atoms with E-state index in [1.165, 1.54) is 31.2 Å². The minimum Gasteiger partial charge on any atom is -0.508 e. The van der Waals surface area contributed by atoms with Gasteiger partial charge in [-0.25, -0.2) is 9.59 Å². The molecule has 5 rings (SSSR count). The van der Waals surface area contributed by atoms with Gasteiger partial charge >= 0.3 is 17.2 Å². The van der Waals surface area contributed by atoms with Gasteiger partial charge in [0.1, 0.15) is 17.1 Å². The van der Waals surface area contributed by atoms with E-state index in [1.807, 2.05) is 0 Å². The molecule has 3 heterocycles. The quantitative estimate of drug-likeness (QED) is 0.387. The molecule has 154 valence electrons. The minimum atomic E-state index is -1.14. The Morgan fingerprint density at radius 3 is 2.58 bits per heavy atom. The number of carbonyl (C=O) groups is 1. The molecule has 8 heteroatoms. The Labute approximate surface area is 173 Å². The van der Waals surface area contributed by atoms with Gasteiger partial charge in [-0.2, -0.15) is 0 Å². The Hall–Kier alpha value is -4.33. The second-order valence-corrected chi connectivity index (χ2v) is 6.95. The largest absolute Gasteiger partial charge is 0.508 e. The highest BCUT2D eigenvalue weighted by molar-refractivity contribution is 5.94. The van der Waals surface area contributed by atoms with E-state index in [0.29, 0.717) is 22.3 Å². The van der Waals surface area contributed by atoms with Crippen molar-refractivity contribution in [2.24, 2.45) is 0 Å². The number of benzene rings is 2. The standard InChI is InChI=1S/C23H14O8/c1-11(24)28-23-17-9-16(15-10-20(26)29-19-8-12(25)6-7-13(15)19)22(27)31-21(17)14-4-2-3-5-18(14)30-23/h2-10,23,25H,1H3. The van der Waals surface area contributed by atoms with Crippen LogP contribution in [0.2, 0.25) is 0 Å². The molecule has 1 unspecified atom stereocenters. The zero-order valence-electron chi connectivity index (χ0n) is 16.1. The monoisotopic (exact) mass is 418 g/mol. The molecule has 1 atom stereocenters. The first-order valence-electron chi connectivity index (χ1n) is 9.29. The van der Waals surface area contributed by atoms with Crippen LogP contribution in [-0.4, -0.2) is 11.1 Å². The third-order valence-electron chi connectivity index (χ3n) is 4.89. The molecule has 0 aliphatic carbocycles. The summed E-state index contributed by atoms with van der Waals surface area (Å²) in [5, 5.41) is 10.1. The molecule has 0 saturated heterocycles. The fourth-order valence-corrected chi connectivity index (χ4v) is 3.61. The third kappa shape index (κ3) is 3.14. The van der Waals surface area contributed by atoms with E-state index in [1.54, 1.807) is 24.3 Å². The van der Waals surface area contributed by atoms with Crippen molar-refractivity contribution in [3.63, 3.8) is 0 Å². The second-order valence-electron chi connectivity index (χ2n) is 6.95. The highest BCUT2D eigenvalue weighted by atomic mass is 16.7. The van der Waals surface area contributed by atoms with Crippen LogP contribution in [0.15, 0.2) is 73.0 Å². The van der Waals surface area contributed by atoms with Crippen LogP contribution in [0.4, 0.5) is 0 Å². The maximum Gasteiger partial charge on any atom is 0.344 e. The van der Waals surface area contributed by atoms with Gasteiger partial charge in [0.25, 0.3) is 6.29 Å². The summed E-state index contributed by atoms with van der Waals surface area (Å²) in [6.07, 6.45) is -1.14. The van der Waals surface area contributed by atoms with Crippen LogP contribution >= 0.6 is 0 Å². The van der Waals surface area contributed by atoms with Gasteiger partial charge in [-0.15, -0.1) is 0 Å². The zero-order valence-corrected chi connectivity index (χ0v) is 16.1. The lowest BCUT2D eigenvalue weighted by Crippen LogP contribution is -2.21. The third-order valence-corrected chi connectivity index (χ3v) is 4.89. The van der Waals surface area contributed by atoms with Gasteiger partial charge in [-0.3, -0.25) is 4.79 Å². The number of rotatable bonds is 2. The number of phenolic OH excluding ortho intramolecular Hbond substituents is 1. The molecule has 0 bridgehead atoms. The van der Waals surface area contributed by atoms with E-state index >= 15 is 0 Å². The summed E-state index contributed by atoms with van der Waals surface area (Å²) in [5.74, 6) is -0.0558. The summed E-state index contributed by atoms with van der Waals surface area (Å²) in [6, 6.07) is 13.7. The predicted octanol–water partition coefficient (Wildman–Crippen LogP) is 3.74. The molecule has 2 aromatic heterocycles. The van der Waals surface area contributed by atoms with Gasteiger partial charge in [-0.05, 0) is 30.3 Å². The van der Waals surface area contributed by atoms with Crippen LogP contribution in [0.25, 0.3) is 33.4 Å². The molecule has 0 amide bonds. The summed E-state index contributed by atoms with van der Waals surface area (Å²) in [5.41, 5.74) is -0.126. The molecule has 1 aliphatic rings. The molecule has 0 fully saturated rings. The Balaban J connectivity index is 1.79. The summed E-state index contributed by atoms with van der Waals surface area (Å²) in [4.78, 5) is 36.7. The summed E-state index contributed by atoms with van der Waals surface area (Å²) < 4.78 is 21.9. The van der Waals surface area contributed by atoms with E-state index in [0.717, 1.165) is 6.07 Å². The normalized spacial score (nSPS) is 14.4. The summed E-state index contributed by atoms with van der Waals surface area (Å²) in [7, 11) is 0. The molecule has 0 saturated carbocycles. The number of ether oxygens (including phenoxy) is 2. The number of esters is 1. The van der Waals surface area contributed by atoms with Crippen molar-refractivity contribution in [1.29, 1.82) is 0 Å². The van der Waals surface area contributed by atoms with Crippen LogP contribution in [0.5, 0.6) is 11.5 Å². The molecular weight excluding hydrogens is 404 g/mol. The Morgan fingerprint density at radius 2 is 1.77 bits per heavy atom. The van der Waals surface area contributed by atoms with E-state index in [2.05, 4.69) is 0 Å². The molecule has 2 aromatic carbocycles. The van der Waals surface area contributed by atoms with E-state index in [9.17, 15) is 19.5 Å². The highest BCUT2D eigenvalue weighted by Gasteiger charge is 2.32. The van der Waals surface area contributed by atoms with Crippen molar-refractivity contribution in [1.82, 2.24) is 0 Å². The topological polar surface area (TPSA) is 116 Å². The molecule has 0 spiro atoms. The van der Waals surface area contributed by atoms with Crippen molar-refractivity contribution < 1.29 is 28.2 Å². The molecular formula is C23H14O8. The van der Waals surface area contributed by atoms with Crippen LogP contribution in [-0.2, 0) is 9.53 Å². The fourth-order valence-electron chi connectivity index (χ4n) is 3.61. The van der Waals surface area contributed by atoms with Crippen LogP contribution < -0.4 is 16.0 Å². The predicted molar refractivity (Wildman–Crippen MR) is 109 cm³/mol. The minimum absolute atomic E-state index is 0.0578. The molecule has 4 aromatic rings. The molecule has 1 aliphatic heterocycles. The van der Waals surface area contributed by atoms with Gasteiger partial charge in [0, 0.05) is 30.0 Å². The van der Waals surface area contributed by atoms with Gasteiger partial charge in [0.15, 0.2) is 5.76 Å². The number of aromatic hydroxyl groups is 1. The number of carbonyl (C=O) groups excluding carboxylic acids is 1. The molecule has 31 heavy (non-hydrogen) atoms. The Kier molecular flexibility index (Phi) is 4.14. The van der Waals surface area contributed by atoms with Gasteiger partial charge in [-0.1, -0.05) is 12.1 Å². The lowest BCUT2D eigenvalue weighted by atomic mass is 9.98. The average molecular weight is 418 g/mol. The number of hydrogen-bond donors (Lipinski definition) is 1. The van der Waals surface area contributed by atoms with Crippen LogP contribution in [0.3, 0.4) is 0 Å². The van der Waals surface area contributed by atoms with E-state index in [4.69, 9.17) is 18.3 Å². The SMILES string of the molecule is CC(=O)OC1Oc2ccccc2-c2oc(=O)c(-c3cc(=O)oc4cc(O)ccc34)cc21. The van der Waals surface area contributed by atoms with Gasteiger partial charge in [0.05, 0.1) is 16.7 Å². The first-order chi connectivity index (χ1) is 14.9. The fraction of sp³-hybridized carbons (Fsp3) is 0.0870. The van der Waals surface area contributed by atoms with Crippen LogP contribution in [0, 0.1) is 0 Å². The van der Waals surface area contributed by atoms with Crippen molar-refractivity contribution in [2.45, 2.75) is 13.2 Å². The summed E-state index contributed by atoms with van der Waals surface area (Å²) in [6.45, 7) is 1.24. The first kappa shape index (κ1) is 18.7. The zero-order chi connectivity index (χ0) is 21.7. The molecule has 0 radical (unpaired) electrons. The van der Waals surface area contributed by atoms with Crippen molar-refractivity contribution in [2.75, 3.05) is 0 Å². The Morgan fingerprint density at radius 1 is 0.968 bits per heavy atom. The lowest BCUT2D eigenvalue weighted by molar-refractivity contribution is -0.162. The van der Waals surface area contributed by atoms with Gasteiger partial charge in [0.2, 0.25) is 0 Å². The van der Waals surface area contributed by atoms with Crippen LogP contribution in [0.1, 0.15) is 18.8 Å².